The van der Waals surface area contributed by atoms with Gasteiger partial charge in [0.1, 0.15) is 11.4 Å². The summed E-state index contributed by atoms with van der Waals surface area (Å²) in [5.74, 6) is 0.386. The minimum Gasteiger partial charge on any atom is -0.497 e. The molecule has 2 aromatic rings. The average molecular weight is 350 g/mol. The van der Waals surface area contributed by atoms with Gasteiger partial charge in [0, 0.05) is 20.2 Å². The Morgan fingerprint density at radius 2 is 1.75 bits per heavy atom. The van der Waals surface area contributed by atoms with E-state index < -0.39 is 14.8 Å². The van der Waals surface area contributed by atoms with Gasteiger partial charge in [-0.15, -0.1) is 0 Å². The minimum atomic E-state index is -3.70. The molecular formula is C16H18N2O5S. The molecule has 0 heterocycles. The highest BCUT2D eigenvalue weighted by Gasteiger charge is 2.22. The molecule has 128 valence electrons. The fourth-order valence-electron chi connectivity index (χ4n) is 2.25. The standard InChI is InChI=1S/C16H18N2O5S/c1-17(2)15-9-8-14(10-16(15)18(19)20)24(21,22)11-12-4-6-13(23-3)7-5-12/h4-10H,11H2,1-3H3. The predicted molar refractivity (Wildman–Crippen MR) is 91.3 cm³/mol. The van der Waals surface area contributed by atoms with Crippen LogP contribution in [0.3, 0.4) is 0 Å². The van der Waals surface area contributed by atoms with E-state index in [4.69, 9.17) is 4.74 Å². The van der Waals surface area contributed by atoms with Gasteiger partial charge in [-0.2, -0.15) is 0 Å². The molecule has 2 rings (SSSR count). The summed E-state index contributed by atoms with van der Waals surface area (Å²) in [6.07, 6.45) is 0. The molecule has 0 radical (unpaired) electrons. The Kier molecular flexibility index (Phi) is 5.08. The van der Waals surface area contributed by atoms with Gasteiger partial charge in [0.15, 0.2) is 9.84 Å². The summed E-state index contributed by atoms with van der Waals surface area (Å²) in [6, 6.07) is 10.6. The van der Waals surface area contributed by atoms with Gasteiger partial charge in [0.2, 0.25) is 0 Å². The topological polar surface area (TPSA) is 89.8 Å². The van der Waals surface area contributed by atoms with Gasteiger partial charge in [-0.25, -0.2) is 8.42 Å². The summed E-state index contributed by atoms with van der Waals surface area (Å²) in [7, 11) is 1.15. The number of hydrogen-bond donors (Lipinski definition) is 0. The van der Waals surface area contributed by atoms with Crippen LogP contribution in [-0.2, 0) is 15.6 Å². The Balaban J connectivity index is 2.38. The van der Waals surface area contributed by atoms with E-state index in [1.807, 2.05) is 0 Å². The number of nitro groups is 1. The summed E-state index contributed by atoms with van der Waals surface area (Å²) in [5.41, 5.74) is 0.689. The van der Waals surface area contributed by atoms with Crippen molar-refractivity contribution in [2.24, 2.45) is 0 Å². The molecule has 2 aromatic carbocycles. The largest absolute Gasteiger partial charge is 0.497 e. The van der Waals surface area contributed by atoms with Gasteiger partial charge in [-0.05, 0) is 29.8 Å². The zero-order valence-corrected chi connectivity index (χ0v) is 14.4. The number of nitrogens with zero attached hydrogens (tertiary/aromatic N) is 2. The van der Waals surface area contributed by atoms with Crippen molar-refractivity contribution in [3.05, 3.63) is 58.1 Å². The van der Waals surface area contributed by atoms with Crippen LogP contribution in [0.15, 0.2) is 47.4 Å². The lowest BCUT2D eigenvalue weighted by atomic mass is 10.2. The van der Waals surface area contributed by atoms with Crippen molar-refractivity contribution in [1.29, 1.82) is 0 Å². The molecule has 24 heavy (non-hydrogen) atoms. The highest BCUT2D eigenvalue weighted by molar-refractivity contribution is 7.90. The first-order chi connectivity index (χ1) is 11.2. The van der Waals surface area contributed by atoms with Gasteiger partial charge in [-0.1, -0.05) is 12.1 Å². The molecule has 0 saturated carbocycles. The van der Waals surface area contributed by atoms with E-state index in [0.29, 0.717) is 17.0 Å². The quantitative estimate of drug-likeness (QED) is 0.588. The Bertz CT molecular complexity index is 845. The molecule has 0 aromatic heterocycles. The van der Waals surface area contributed by atoms with Gasteiger partial charge < -0.3 is 9.64 Å². The maximum atomic E-state index is 12.5. The van der Waals surface area contributed by atoms with Crippen molar-refractivity contribution in [3.8, 4) is 5.75 Å². The van der Waals surface area contributed by atoms with Crippen LogP contribution >= 0.6 is 0 Å². The molecule has 0 unspecified atom stereocenters. The van der Waals surface area contributed by atoms with E-state index >= 15 is 0 Å². The summed E-state index contributed by atoms with van der Waals surface area (Å²) >= 11 is 0. The monoisotopic (exact) mass is 350 g/mol. The summed E-state index contributed by atoms with van der Waals surface area (Å²) in [5, 5.41) is 11.2. The van der Waals surface area contributed by atoms with E-state index in [1.165, 1.54) is 19.2 Å². The third-order valence-corrected chi connectivity index (χ3v) is 5.19. The zero-order valence-electron chi connectivity index (χ0n) is 13.6. The van der Waals surface area contributed by atoms with E-state index in [0.717, 1.165) is 6.07 Å². The van der Waals surface area contributed by atoms with Crippen molar-refractivity contribution in [2.45, 2.75) is 10.6 Å². The van der Waals surface area contributed by atoms with Crippen LogP contribution in [0.25, 0.3) is 0 Å². The van der Waals surface area contributed by atoms with E-state index in [-0.39, 0.29) is 16.3 Å². The smallest absolute Gasteiger partial charge is 0.293 e. The number of benzene rings is 2. The highest BCUT2D eigenvalue weighted by atomic mass is 32.2. The van der Waals surface area contributed by atoms with Crippen molar-refractivity contribution >= 4 is 21.2 Å². The zero-order chi connectivity index (χ0) is 17.9. The van der Waals surface area contributed by atoms with E-state index in [9.17, 15) is 18.5 Å². The lowest BCUT2D eigenvalue weighted by Crippen LogP contribution is -2.12. The van der Waals surface area contributed by atoms with E-state index in [1.54, 1.807) is 43.3 Å². The van der Waals surface area contributed by atoms with Crippen LogP contribution < -0.4 is 9.64 Å². The molecule has 0 spiro atoms. The second-order valence-electron chi connectivity index (χ2n) is 5.41. The number of nitro benzene ring substituents is 1. The molecule has 0 aliphatic carbocycles. The number of hydrogen-bond acceptors (Lipinski definition) is 6. The molecule has 0 aliphatic rings. The van der Waals surface area contributed by atoms with Gasteiger partial charge in [-0.3, -0.25) is 10.1 Å². The summed E-state index contributed by atoms with van der Waals surface area (Å²) in [6.45, 7) is 0. The predicted octanol–water partition coefficient (Wildman–Crippen LogP) is 2.64. The van der Waals surface area contributed by atoms with Crippen LogP contribution in [0.4, 0.5) is 11.4 Å². The molecule has 8 heteroatoms. The third-order valence-electron chi connectivity index (χ3n) is 3.50. The molecule has 0 bridgehead atoms. The molecule has 7 nitrogen and oxygen atoms in total. The second-order valence-corrected chi connectivity index (χ2v) is 7.40. The Hall–Kier alpha value is -2.61. The maximum absolute atomic E-state index is 12.5. The first-order valence-electron chi connectivity index (χ1n) is 7.06. The highest BCUT2D eigenvalue weighted by Crippen LogP contribution is 2.30. The molecule has 0 aliphatic heterocycles. The Morgan fingerprint density at radius 1 is 1.12 bits per heavy atom. The average Bonchev–Trinajstić information content (AvgIpc) is 2.54. The lowest BCUT2D eigenvalue weighted by Gasteiger charge is -2.13. The minimum absolute atomic E-state index is 0.0735. The number of methoxy groups -OCH3 is 1. The first-order valence-corrected chi connectivity index (χ1v) is 8.71. The van der Waals surface area contributed by atoms with Crippen LogP contribution in [-0.4, -0.2) is 34.5 Å². The first kappa shape index (κ1) is 17.7. The van der Waals surface area contributed by atoms with E-state index in [2.05, 4.69) is 0 Å². The normalized spacial score (nSPS) is 11.1. The van der Waals surface area contributed by atoms with Crippen molar-refractivity contribution in [1.82, 2.24) is 0 Å². The van der Waals surface area contributed by atoms with Crippen LogP contribution in [0.1, 0.15) is 5.56 Å². The van der Waals surface area contributed by atoms with Crippen molar-refractivity contribution in [2.75, 3.05) is 26.1 Å². The van der Waals surface area contributed by atoms with Crippen molar-refractivity contribution < 1.29 is 18.1 Å². The Morgan fingerprint density at radius 3 is 2.25 bits per heavy atom. The number of rotatable bonds is 6. The summed E-state index contributed by atoms with van der Waals surface area (Å²) in [4.78, 5) is 12.1. The van der Waals surface area contributed by atoms with Gasteiger partial charge in [0.25, 0.3) is 5.69 Å². The fourth-order valence-corrected chi connectivity index (χ4v) is 3.61. The second kappa shape index (κ2) is 6.88. The molecule has 0 fully saturated rings. The number of sulfone groups is 1. The van der Waals surface area contributed by atoms with Gasteiger partial charge >= 0.3 is 0 Å². The van der Waals surface area contributed by atoms with Crippen LogP contribution in [0.5, 0.6) is 5.75 Å². The SMILES string of the molecule is COc1ccc(CS(=O)(=O)c2ccc(N(C)C)c([N+](=O)[O-])c2)cc1. The van der Waals surface area contributed by atoms with Gasteiger partial charge in [0.05, 0.1) is 22.7 Å². The van der Waals surface area contributed by atoms with Crippen LogP contribution in [0, 0.1) is 10.1 Å². The fraction of sp³-hybridized carbons (Fsp3) is 0.250. The number of anilines is 1. The molecule has 0 saturated heterocycles. The molecule has 0 amide bonds. The molecule has 0 N–H and O–H groups in total. The molecular weight excluding hydrogens is 332 g/mol. The molecule has 0 atom stereocenters. The third kappa shape index (κ3) is 3.83. The lowest BCUT2D eigenvalue weighted by molar-refractivity contribution is -0.384. The summed E-state index contributed by atoms with van der Waals surface area (Å²) < 4.78 is 30.1. The maximum Gasteiger partial charge on any atom is 0.293 e. The van der Waals surface area contributed by atoms with Crippen molar-refractivity contribution in [3.63, 3.8) is 0 Å². The number of ether oxygens (including phenoxy) is 1. The Labute approximate surface area is 140 Å². The van der Waals surface area contributed by atoms with Crippen LogP contribution in [0.2, 0.25) is 0 Å².